The number of furan rings is 1. The van der Waals surface area contributed by atoms with Crippen LogP contribution < -0.4 is 16.9 Å². The van der Waals surface area contributed by atoms with Crippen molar-refractivity contribution in [2.45, 2.75) is 12.8 Å². The van der Waals surface area contributed by atoms with E-state index >= 15 is 0 Å². The number of carbonyl (C=O) groups is 2. The van der Waals surface area contributed by atoms with Crippen LogP contribution in [0.15, 0.2) is 65.4 Å². The number of fused-ring (bicyclic) bond motifs is 1. The normalized spacial score (nSPS) is 13.6. The number of rotatable bonds is 8. The molecule has 1 aliphatic heterocycles. The van der Waals surface area contributed by atoms with Gasteiger partial charge in [-0.05, 0) is 53.5 Å². The Morgan fingerprint density at radius 2 is 1.89 bits per heavy atom. The standard InChI is InChI=1S/C28H34N6O3/c1-31-23-8-6-19(7-9-23)24-16-21(15-22-17-25(37-27(22)24)28(36)32(2)3)20-5-4-12-33(18-20)26(35)10-13-34(30)14-11-29/h5-9,11,14-17,31H,4,10,12-13,18,29-30H2,1-3H3/b14-11-. The lowest BCUT2D eigenvalue weighted by Crippen LogP contribution is -2.38. The predicted octanol–water partition coefficient (Wildman–Crippen LogP) is 3.45. The lowest BCUT2D eigenvalue weighted by Gasteiger charge is -2.28. The first-order chi connectivity index (χ1) is 17.8. The summed E-state index contributed by atoms with van der Waals surface area (Å²) in [7, 11) is 5.28. The third-order valence-electron chi connectivity index (χ3n) is 6.45. The van der Waals surface area contributed by atoms with Gasteiger partial charge in [-0.15, -0.1) is 0 Å². The van der Waals surface area contributed by atoms with Gasteiger partial charge >= 0.3 is 0 Å². The Labute approximate surface area is 216 Å². The number of carbonyl (C=O) groups excluding carboxylic acids is 2. The second kappa shape index (κ2) is 11.2. The summed E-state index contributed by atoms with van der Waals surface area (Å²) in [5.74, 6) is 5.95. The van der Waals surface area contributed by atoms with Gasteiger partial charge in [0.25, 0.3) is 5.91 Å². The third kappa shape index (κ3) is 5.78. The molecule has 2 aromatic carbocycles. The zero-order chi connectivity index (χ0) is 26.5. The molecule has 0 fully saturated rings. The van der Waals surface area contributed by atoms with Crippen LogP contribution in [0.25, 0.3) is 27.7 Å². The summed E-state index contributed by atoms with van der Waals surface area (Å²) in [5, 5.41) is 5.38. The van der Waals surface area contributed by atoms with E-state index in [1.807, 2.05) is 42.3 Å². The number of amides is 2. The molecule has 0 unspecified atom stereocenters. The van der Waals surface area contributed by atoms with Gasteiger partial charge in [0.05, 0.1) is 0 Å². The maximum Gasteiger partial charge on any atom is 0.289 e. The molecule has 0 bridgehead atoms. The van der Waals surface area contributed by atoms with Crippen LogP contribution in [0.5, 0.6) is 0 Å². The molecule has 5 N–H and O–H groups in total. The molecule has 2 heterocycles. The van der Waals surface area contributed by atoms with Crippen molar-refractivity contribution < 1.29 is 14.0 Å². The summed E-state index contributed by atoms with van der Waals surface area (Å²) < 4.78 is 6.09. The number of nitrogens with two attached hydrogens (primary N) is 2. The van der Waals surface area contributed by atoms with Crippen LogP contribution in [0.1, 0.15) is 29.0 Å². The number of nitrogens with one attached hydrogen (secondary N) is 1. The van der Waals surface area contributed by atoms with Gasteiger partial charge in [-0.25, -0.2) is 5.84 Å². The molecular weight excluding hydrogens is 468 g/mol. The number of hydrazine groups is 1. The zero-order valence-corrected chi connectivity index (χ0v) is 21.5. The van der Waals surface area contributed by atoms with E-state index in [1.54, 1.807) is 20.2 Å². The van der Waals surface area contributed by atoms with E-state index in [9.17, 15) is 9.59 Å². The predicted molar refractivity (Wildman–Crippen MR) is 147 cm³/mol. The Kier molecular flexibility index (Phi) is 7.83. The van der Waals surface area contributed by atoms with Crippen molar-refractivity contribution in [2.24, 2.45) is 11.6 Å². The van der Waals surface area contributed by atoms with Gasteiger partial charge in [0.15, 0.2) is 5.76 Å². The summed E-state index contributed by atoms with van der Waals surface area (Å²) in [6.45, 7) is 1.55. The Hall–Kier alpha value is -4.24. The summed E-state index contributed by atoms with van der Waals surface area (Å²) in [6.07, 6.45) is 6.12. The van der Waals surface area contributed by atoms with Crippen molar-refractivity contribution in [2.75, 3.05) is 46.1 Å². The highest BCUT2D eigenvalue weighted by atomic mass is 16.3. The lowest BCUT2D eigenvalue weighted by atomic mass is 9.94. The molecule has 37 heavy (non-hydrogen) atoms. The van der Waals surface area contributed by atoms with E-state index in [-0.39, 0.29) is 17.6 Å². The SMILES string of the molecule is CNc1ccc(-c2cc(C3=CCCN(C(=O)CCN(N)/C=C\N)C3)cc3cc(C(=O)N(C)C)oc23)cc1. The zero-order valence-electron chi connectivity index (χ0n) is 21.5. The minimum absolute atomic E-state index is 0.0394. The second-order valence-electron chi connectivity index (χ2n) is 9.24. The Morgan fingerprint density at radius 1 is 1.14 bits per heavy atom. The number of nitrogens with zero attached hydrogens (tertiary/aromatic N) is 3. The molecule has 9 nitrogen and oxygen atoms in total. The van der Waals surface area contributed by atoms with Gasteiger partial charge in [-0.2, -0.15) is 0 Å². The van der Waals surface area contributed by atoms with Crippen molar-refractivity contribution in [1.29, 1.82) is 0 Å². The van der Waals surface area contributed by atoms with E-state index in [4.69, 9.17) is 16.0 Å². The fourth-order valence-corrected chi connectivity index (χ4v) is 4.43. The van der Waals surface area contributed by atoms with Crippen LogP contribution in [0.3, 0.4) is 0 Å². The first-order valence-corrected chi connectivity index (χ1v) is 12.2. The highest BCUT2D eigenvalue weighted by Gasteiger charge is 2.22. The highest BCUT2D eigenvalue weighted by molar-refractivity contribution is 6.01. The van der Waals surface area contributed by atoms with E-state index in [2.05, 4.69) is 17.5 Å². The van der Waals surface area contributed by atoms with Crippen LogP contribution in [-0.4, -0.2) is 67.4 Å². The maximum absolute atomic E-state index is 12.9. The highest BCUT2D eigenvalue weighted by Crippen LogP contribution is 2.36. The average Bonchev–Trinajstić information content (AvgIpc) is 3.35. The fraction of sp³-hybridized carbons (Fsp3) is 0.286. The first kappa shape index (κ1) is 25.8. The molecule has 4 rings (SSSR count). The van der Waals surface area contributed by atoms with Crippen molar-refractivity contribution in [3.63, 3.8) is 0 Å². The van der Waals surface area contributed by atoms with Crippen molar-refractivity contribution >= 4 is 34.0 Å². The summed E-state index contributed by atoms with van der Waals surface area (Å²) >= 11 is 0. The smallest absolute Gasteiger partial charge is 0.289 e. The van der Waals surface area contributed by atoms with Crippen molar-refractivity contribution in [3.8, 4) is 11.1 Å². The molecule has 0 aliphatic carbocycles. The maximum atomic E-state index is 12.9. The first-order valence-electron chi connectivity index (χ1n) is 12.2. The van der Waals surface area contributed by atoms with Gasteiger partial charge in [0, 0.05) is 76.2 Å². The minimum atomic E-state index is -0.193. The molecule has 0 spiro atoms. The number of hydrogen-bond donors (Lipinski definition) is 3. The second-order valence-corrected chi connectivity index (χ2v) is 9.24. The molecule has 1 aliphatic rings. The fourth-order valence-electron chi connectivity index (χ4n) is 4.43. The summed E-state index contributed by atoms with van der Waals surface area (Å²) in [5.41, 5.74) is 10.9. The number of anilines is 1. The van der Waals surface area contributed by atoms with Gasteiger partial charge in [0.1, 0.15) is 5.58 Å². The molecule has 2 amide bonds. The number of hydrogen-bond acceptors (Lipinski definition) is 7. The van der Waals surface area contributed by atoms with E-state index in [1.165, 1.54) is 22.3 Å². The third-order valence-corrected chi connectivity index (χ3v) is 6.45. The van der Waals surface area contributed by atoms with E-state index < -0.39 is 0 Å². The van der Waals surface area contributed by atoms with E-state index in [0.29, 0.717) is 31.6 Å². The van der Waals surface area contributed by atoms with Crippen LogP contribution in [0.4, 0.5) is 5.69 Å². The van der Waals surface area contributed by atoms with Gasteiger partial charge < -0.3 is 30.3 Å². The van der Waals surface area contributed by atoms with Gasteiger partial charge in [0.2, 0.25) is 5.91 Å². The van der Waals surface area contributed by atoms with Gasteiger partial charge in [-0.3, -0.25) is 9.59 Å². The largest absolute Gasteiger partial charge is 0.450 e. The molecule has 0 atom stereocenters. The summed E-state index contributed by atoms with van der Waals surface area (Å²) in [4.78, 5) is 28.9. The topological polar surface area (TPSA) is 121 Å². The molecule has 194 valence electrons. The van der Waals surface area contributed by atoms with Crippen LogP contribution in [0.2, 0.25) is 0 Å². The molecule has 0 saturated heterocycles. The van der Waals surface area contributed by atoms with Crippen LogP contribution in [0, 0.1) is 0 Å². The quantitative estimate of drug-likeness (QED) is 0.319. The van der Waals surface area contributed by atoms with E-state index in [0.717, 1.165) is 39.8 Å². The molecule has 0 radical (unpaired) electrons. The molecule has 1 aromatic heterocycles. The van der Waals surface area contributed by atoms with Crippen LogP contribution >= 0.6 is 0 Å². The Balaban J connectivity index is 1.68. The summed E-state index contributed by atoms with van der Waals surface area (Å²) in [6, 6.07) is 14.0. The molecule has 9 heteroatoms. The Bertz CT molecular complexity index is 1340. The monoisotopic (exact) mass is 502 g/mol. The minimum Gasteiger partial charge on any atom is -0.450 e. The number of benzene rings is 2. The average molecular weight is 503 g/mol. The van der Waals surface area contributed by atoms with Gasteiger partial charge in [-0.1, -0.05) is 18.2 Å². The molecule has 0 saturated carbocycles. The molecular formula is C28H34N6O3. The van der Waals surface area contributed by atoms with Crippen LogP contribution in [-0.2, 0) is 4.79 Å². The molecule has 3 aromatic rings. The van der Waals surface area contributed by atoms with Crippen molar-refractivity contribution in [1.82, 2.24) is 14.8 Å². The lowest BCUT2D eigenvalue weighted by molar-refractivity contribution is -0.130. The van der Waals surface area contributed by atoms with Crippen molar-refractivity contribution in [3.05, 3.63) is 72.3 Å². The Morgan fingerprint density at radius 3 is 2.57 bits per heavy atom.